The number of aliphatic hydroxyl groups excluding tert-OH is 1. The van der Waals surface area contributed by atoms with Crippen LogP contribution in [0.2, 0.25) is 0 Å². The lowest BCUT2D eigenvalue weighted by Crippen LogP contribution is -2.29. The Balaban J connectivity index is 1.76. The number of aliphatic hydroxyl groups is 1. The number of hydrogen-bond donors (Lipinski definition) is 1. The Labute approximate surface area is 218 Å². The van der Waals surface area contributed by atoms with Crippen molar-refractivity contribution in [3.63, 3.8) is 0 Å². The molecule has 6 nitrogen and oxygen atoms in total. The summed E-state index contributed by atoms with van der Waals surface area (Å²) in [4.78, 5) is 28.1. The topological polar surface area (TPSA) is 76.1 Å². The van der Waals surface area contributed by atoms with E-state index < -0.39 is 17.7 Å². The van der Waals surface area contributed by atoms with Gasteiger partial charge < -0.3 is 14.6 Å². The van der Waals surface area contributed by atoms with Crippen LogP contribution in [0.5, 0.6) is 11.5 Å². The molecular weight excluding hydrogens is 466 g/mol. The highest BCUT2D eigenvalue weighted by atomic mass is 16.5. The van der Waals surface area contributed by atoms with Crippen molar-refractivity contribution in [2.45, 2.75) is 52.2 Å². The Morgan fingerprint density at radius 1 is 0.919 bits per heavy atom. The number of carbonyl (C=O) groups excluding carboxylic acids is 2. The molecule has 0 bridgehead atoms. The average Bonchev–Trinajstić information content (AvgIpc) is 3.17. The highest BCUT2D eigenvalue weighted by molar-refractivity contribution is 6.51. The Kier molecular flexibility index (Phi) is 8.29. The highest BCUT2D eigenvalue weighted by Gasteiger charge is 2.47. The molecule has 0 saturated carbocycles. The minimum atomic E-state index is -0.817. The van der Waals surface area contributed by atoms with E-state index >= 15 is 0 Å². The van der Waals surface area contributed by atoms with Gasteiger partial charge in [0.2, 0.25) is 0 Å². The Bertz CT molecular complexity index is 1260. The molecule has 0 aromatic heterocycles. The van der Waals surface area contributed by atoms with Gasteiger partial charge in [0.1, 0.15) is 17.3 Å². The van der Waals surface area contributed by atoms with Crippen LogP contribution in [0, 0.1) is 0 Å². The standard InChI is InChI=1S/C31H33NO5/c1-4-5-9-19-36-25-17-15-22(16-18-25)29(33)27-28(23-11-10-14-26(20-23)37-21(2)3)32(31(35)30(27)34)24-12-7-6-8-13-24/h6-8,10-18,20-21,28,33H,4-5,9,19H2,1-3H3/b29-27-. The lowest BCUT2D eigenvalue weighted by molar-refractivity contribution is -0.132. The minimum Gasteiger partial charge on any atom is -0.507 e. The van der Waals surface area contributed by atoms with E-state index in [-0.39, 0.29) is 17.4 Å². The summed E-state index contributed by atoms with van der Waals surface area (Å²) >= 11 is 0. The van der Waals surface area contributed by atoms with Gasteiger partial charge in [0.05, 0.1) is 24.3 Å². The largest absolute Gasteiger partial charge is 0.507 e. The molecule has 1 heterocycles. The number of nitrogens with zero attached hydrogens (tertiary/aromatic N) is 1. The fourth-order valence-electron chi connectivity index (χ4n) is 4.44. The van der Waals surface area contributed by atoms with Crippen molar-refractivity contribution in [1.29, 1.82) is 0 Å². The molecule has 1 amide bonds. The molecule has 37 heavy (non-hydrogen) atoms. The monoisotopic (exact) mass is 499 g/mol. The van der Waals surface area contributed by atoms with E-state index in [0.29, 0.717) is 34.9 Å². The second-order valence-electron chi connectivity index (χ2n) is 9.32. The number of amides is 1. The van der Waals surface area contributed by atoms with Crippen LogP contribution in [0.4, 0.5) is 5.69 Å². The van der Waals surface area contributed by atoms with Crippen molar-refractivity contribution in [2.24, 2.45) is 0 Å². The van der Waals surface area contributed by atoms with E-state index in [2.05, 4.69) is 6.92 Å². The molecule has 3 aromatic rings. The zero-order valence-corrected chi connectivity index (χ0v) is 21.5. The van der Waals surface area contributed by atoms with E-state index in [1.165, 1.54) is 4.90 Å². The van der Waals surface area contributed by atoms with E-state index in [9.17, 15) is 14.7 Å². The van der Waals surface area contributed by atoms with E-state index in [1.54, 1.807) is 36.4 Å². The fourth-order valence-corrected chi connectivity index (χ4v) is 4.44. The number of rotatable bonds is 10. The first-order chi connectivity index (χ1) is 17.9. The first-order valence-corrected chi connectivity index (χ1v) is 12.8. The Hall–Kier alpha value is -4.06. The van der Waals surface area contributed by atoms with Crippen molar-refractivity contribution in [2.75, 3.05) is 11.5 Å². The van der Waals surface area contributed by atoms with Crippen molar-refractivity contribution in [1.82, 2.24) is 0 Å². The number of Topliss-reactive ketones (excluding diaryl/α,β-unsaturated/α-hetero) is 1. The summed E-state index contributed by atoms with van der Waals surface area (Å²) in [6, 6.07) is 22.4. The van der Waals surface area contributed by atoms with Crippen LogP contribution in [0.3, 0.4) is 0 Å². The molecule has 192 valence electrons. The number of carbonyl (C=O) groups is 2. The summed E-state index contributed by atoms with van der Waals surface area (Å²) in [7, 11) is 0. The summed E-state index contributed by atoms with van der Waals surface area (Å²) in [5.41, 5.74) is 1.71. The smallest absolute Gasteiger partial charge is 0.300 e. The van der Waals surface area contributed by atoms with Crippen LogP contribution in [0.1, 0.15) is 57.2 Å². The number of ketones is 1. The molecule has 1 N–H and O–H groups in total. The number of benzene rings is 3. The molecule has 1 fully saturated rings. The first kappa shape index (κ1) is 26.0. The highest BCUT2D eigenvalue weighted by Crippen LogP contribution is 2.42. The summed E-state index contributed by atoms with van der Waals surface area (Å²) in [5, 5.41) is 11.4. The number of anilines is 1. The molecule has 1 unspecified atom stereocenters. The second kappa shape index (κ2) is 11.8. The van der Waals surface area contributed by atoms with Crippen molar-refractivity contribution >= 4 is 23.1 Å². The van der Waals surface area contributed by atoms with Crippen LogP contribution in [0.15, 0.2) is 84.4 Å². The molecule has 3 aromatic carbocycles. The van der Waals surface area contributed by atoms with E-state index in [1.807, 2.05) is 56.3 Å². The van der Waals surface area contributed by atoms with Crippen LogP contribution in [0.25, 0.3) is 5.76 Å². The number of para-hydroxylation sites is 1. The molecule has 1 saturated heterocycles. The molecule has 6 heteroatoms. The van der Waals surface area contributed by atoms with Gasteiger partial charge in [0.15, 0.2) is 0 Å². The third-order valence-corrected chi connectivity index (χ3v) is 6.17. The Morgan fingerprint density at radius 2 is 1.65 bits per heavy atom. The summed E-state index contributed by atoms with van der Waals surface area (Å²) in [6.07, 6.45) is 3.15. The van der Waals surface area contributed by atoms with Gasteiger partial charge in [-0.25, -0.2) is 0 Å². The summed E-state index contributed by atoms with van der Waals surface area (Å²) in [5.74, 6) is -0.345. The van der Waals surface area contributed by atoms with Crippen molar-refractivity contribution in [3.8, 4) is 11.5 Å². The Morgan fingerprint density at radius 3 is 2.32 bits per heavy atom. The number of unbranched alkanes of at least 4 members (excludes halogenated alkanes) is 2. The third kappa shape index (κ3) is 5.85. The van der Waals surface area contributed by atoms with Gasteiger partial charge in [-0.15, -0.1) is 0 Å². The maximum Gasteiger partial charge on any atom is 0.300 e. The normalized spacial score (nSPS) is 16.9. The van der Waals surface area contributed by atoms with Crippen LogP contribution >= 0.6 is 0 Å². The van der Waals surface area contributed by atoms with Gasteiger partial charge in [-0.3, -0.25) is 14.5 Å². The van der Waals surface area contributed by atoms with Crippen LogP contribution < -0.4 is 14.4 Å². The molecule has 1 aliphatic heterocycles. The van der Waals surface area contributed by atoms with Gasteiger partial charge in [-0.05, 0) is 74.4 Å². The predicted octanol–water partition coefficient (Wildman–Crippen LogP) is 6.67. The first-order valence-electron chi connectivity index (χ1n) is 12.8. The second-order valence-corrected chi connectivity index (χ2v) is 9.32. The maximum absolute atomic E-state index is 13.4. The number of ether oxygens (including phenoxy) is 2. The van der Waals surface area contributed by atoms with E-state index in [4.69, 9.17) is 9.47 Å². The van der Waals surface area contributed by atoms with Crippen molar-refractivity contribution in [3.05, 3.63) is 95.6 Å². The quantitative estimate of drug-likeness (QED) is 0.146. The fraction of sp³-hybridized carbons (Fsp3) is 0.290. The average molecular weight is 500 g/mol. The van der Waals surface area contributed by atoms with Gasteiger partial charge in [-0.2, -0.15) is 0 Å². The zero-order valence-electron chi connectivity index (χ0n) is 21.5. The molecule has 0 radical (unpaired) electrons. The van der Waals surface area contributed by atoms with Crippen LogP contribution in [-0.2, 0) is 9.59 Å². The van der Waals surface area contributed by atoms with Crippen LogP contribution in [-0.4, -0.2) is 29.5 Å². The molecule has 1 aliphatic rings. The molecule has 1 atom stereocenters. The molecule has 0 spiro atoms. The lowest BCUT2D eigenvalue weighted by atomic mass is 9.95. The summed E-state index contributed by atoms with van der Waals surface area (Å²) < 4.78 is 11.6. The molecular formula is C31H33NO5. The lowest BCUT2D eigenvalue weighted by Gasteiger charge is -2.26. The van der Waals surface area contributed by atoms with Gasteiger partial charge in [0, 0.05) is 11.3 Å². The third-order valence-electron chi connectivity index (χ3n) is 6.17. The SMILES string of the molecule is CCCCCOc1ccc(/C(O)=C2/C(=O)C(=O)N(c3ccccc3)C2c2cccc(OC(C)C)c2)cc1. The van der Waals surface area contributed by atoms with Gasteiger partial charge >= 0.3 is 0 Å². The molecule has 4 rings (SSSR count). The predicted molar refractivity (Wildman–Crippen MR) is 145 cm³/mol. The number of hydrogen-bond acceptors (Lipinski definition) is 5. The minimum absolute atomic E-state index is 0.0344. The summed E-state index contributed by atoms with van der Waals surface area (Å²) in [6.45, 7) is 6.62. The zero-order chi connectivity index (χ0) is 26.4. The van der Waals surface area contributed by atoms with Gasteiger partial charge in [0.25, 0.3) is 11.7 Å². The molecule has 0 aliphatic carbocycles. The van der Waals surface area contributed by atoms with Gasteiger partial charge in [-0.1, -0.05) is 50.1 Å². The van der Waals surface area contributed by atoms with Crippen molar-refractivity contribution < 1.29 is 24.2 Å². The van der Waals surface area contributed by atoms with E-state index in [0.717, 1.165) is 19.3 Å². The maximum atomic E-state index is 13.4.